The van der Waals surface area contributed by atoms with Crippen LogP contribution in [0.2, 0.25) is 0 Å². The van der Waals surface area contributed by atoms with Crippen molar-refractivity contribution in [2.75, 3.05) is 5.43 Å². The smallest absolute Gasteiger partial charge is 0.292 e. The molecule has 18 heavy (non-hydrogen) atoms. The Balaban J connectivity index is 2.38. The molecule has 0 saturated heterocycles. The highest BCUT2D eigenvalue weighted by Gasteiger charge is 2.18. The van der Waals surface area contributed by atoms with Crippen molar-refractivity contribution >= 4 is 23.4 Å². The van der Waals surface area contributed by atoms with Crippen molar-refractivity contribution in [3.8, 4) is 0 Å². The van der Waals surface area contributed by atoms with Crippen LogP contribution >= 0.6 is 11.8 Å². The lowest BCUT2D eigenvalue weighted by Gasteiger charge is -2.03. The summed E-state index contributed by atoms with van der Waals surface area (Å²) in [6.07, 6.45) is 4.31. The number of hydrazine groups is 1. The molecule has 0 aliphatic heterocycles. The Morgan fingerprint density at radius 2 is 2.11 bits per heavy atom. The van der Waals surface area contributed by atoms with Crippen molar-refractivity contribution in [3.05, 3.63) is 40.8 Å². The third-order valence-corrected chi connectivity index (χ3v) is 2.93. The van der Waals surface area contributed by atoms with E-state index in [9.17, 15) is 10.1 Å². The number of rotatable bonds is 4. The van der Waals surface area contributed by atoms with Gasteiger partial charge in [0.1, 0.15) is 6.20 Å². The number of nitrogens with two attached hydrogens (primary N) is 1. The second-order valence-electron chi connectivity index (χ2n) is 3.07. The summed E-state index contributed by atoms with van der Waals surface area (Å²) in [5.41, 5.74) is 2.08. The topological polar surface area (TPSA) is 120 Å². The van der Waals surface area contributed by atoms with Crippen LogP contribution in [0, 0.1) is 10.1 Å². The van der Waals surface area contributed by atoms with E-state index < -0.39 is 4.92 Å². The Morgan fingerprint density at radius 3 is 2.72 bits per heavy atom. The van der Waals surface area contributed by atoms with Crippen LogP contribution in [0.5, 0.6) is 0 Å². The molecule has 0 saturated carbocycles. The SMILES string of the molecule is NNc1ncc([N+](=O)[O-])c(Sc2ccncc2)n1. The van der Waals surface area contributed by atoms with Gasteiger partial charge in [-0.3, -0.25) is 20.5 Å². The summed E-state index contributed by atoms with van der Waals surface area (Å²) in [5.74, 6) is 5.30. The standard InChI is InChI=1S/C9H8N6O2S/c10-14-9-12-5-7(15(16)17)8(13-9)18-6-1-3-11-4-2-6/h1-5H,10H2,(H,12,13,14). The van der Waals surface area contributed by atoms with Gasteiger partial charge in [0.2, 0.25) is 5.95 Å². The molecule has 2 aromatic heterocycles. The molecule has 0 amide bonds. The maximum Gasteiger partial charge on any atom is 0.320 e. The molecule has 0 spiro atoms. The fourth-order valence-corrected chi connectivity index (χ4v) is 1.99. The van der Waals surface area contributed by atoms with Crippen LogP contribution in [0.4, 0.5) is 11.6 Å². The van der Waals surface area contributed by atoms with Crippen LogP contribution in [0.3, 0.4) is 0 Å². The van der Waals surface area contributed by atoms with Crippen LogP contribution < -0.4 is 11.3 Å². The van der Waals surface area contributed by atoms with Gasteiger partial charge in [-0.25, -0.2) is 10.8 Å². The van der Waals surface area contributed by atoms with E-state index in [2.05, 4.69) is 20.4 Å². The van der Waals surface area contributed by atoms with Crippen molar-refractivity contribution in [2.24, 2.45) is 5.84 Å². The van der Waals surface area contributed by atoms with Gasteiger partial charge < -0.3 is 0 Å². The van der Waals surface area contributed by atoms with E-state index in [1.54, 1.807) is 24.5 Å². The molecule has 0 unspecified atom stereocenters. The fraction of sp³-hybridized carbons (Fsp3) is 0. The molecule has 0 bridgehead atoms. The molecule has 0 fully saturated rings. The number of hydrogen-bond acceptors (Lipinski definition) is 8. The average Bonchev–Trinajstić information content (AvgIpc) is 2.39. The molecule has 3 N–H and O–H groups in total. The Kier molecular flexibility index (Phi) is 3.65. The molecular formula is C9H8N6O2S. The Hall–Kier alpha value is -2.26. The summed E-state index contributed by atoms with van der Waals surface area (Å²) >= 11 is 1.14. The maximum absolute atomic E-state index is 10.9. The van der Waals surface area contributed by atoms with E-state index in [1.165, 1.54) is 0 Å². The van der Waals surface area contributed by atoms with Crippen molar-refractivity contribution in [1.29, 1.82) is 0 Å². The summed E-state index contributed by atoms with van der Waals surface area (Å²) in [5, 5.41) is 11.1. The predicted molar refractivity (Wildman–Crippen MR) is 64.9 cm³/mol. The highest BCUT2D eigenvalue weighted by atomic mass is 32.2. The molecule has 2 aromatic rings. The van der Waals surface area contributed by atoms with Crippen molar-refractivity contribution in [1.82, 2.24) is 15.0 Å². The molecule has 8 nitrogen and oxygen atoms in total. The number of hydrogen-bond donors (Lipinski definition) is 2. The Bertz CT molecular complexity index is 564. The number of pyridine rings is 1. The highest BCUT2D eigenvalue weighted by molar-refractivity contribution is 7.99. The van der Waals surface area contributed by atoms with Gasteiger partial charge in [0.05, 0.1) is 4.92 Å². The number of anilines is 1. The number of nitro groups is 1. The first-order chi connectivity index (χ1) is 8.70. The van der Waals surface area contributed by atoms with Gasteiger partial charge >= 0.3 is 5.69 Å². The van der Waals surface area contributed by atoms with Gasteiger partial charge in [-0.2, -0.15) is 4.98 Å². The fourth-order valence-electron chi connectivity index (χ4n) is 1.15. The minimum absolute atomic E-state index is 0.122. The normalized spacial score (nSPS) is 10.1. The highest BCUT2D eigenvalue weighted by Crippen LogP contribution is 2.32. The molecule has 92 valence electrons. The van der Waals surface area contributed by atoms with Gasteiger partial charge in [-0.1, -0.05) is 11.8 Å². The first-order valence-electron chi connectivity index (χ1n) is 4.76. The summed E-state index contributed by atoms with van der Waals surface area (Å²) in [4.78, 5) is 22.6. The van der Waals surface area contributed by atoms with Gasteiger partial charge in [0, 0.05) is 17.3 Å². The Morgan fingerprint density at radius 1 is 1.39 bits per heavy atom. The van der Waals surface area contributed by atoms with E-state index in [1.807, 2.05) is 0 Å². The van der Waals surface area contributed by atoms with E-state index in [0.717, 1.165) is 22.9 Å². The van der Waals surface area contributed by atoms with E-state index in [4.69, 9.17) is 5.84 Å². The zero-order valence-electron chi connectivity index (χ0n) is 8.98. The second-order valence-corrected chi connectivity index (χ2v) is 4.13. The van der Waals surface area contributed by atoms with Gasteiger partial charge in [-0.15, -0.1) is 0 Å². The zero-order chi connectivity index (χ0) is 13.0. The van der Waals surface area contributed by atoms with E-state index >= 15 is 0 Å². The Labute approximate surface area is 106 Å². The summed E-state index contributed by atoms with van der Waals surface area (Å²) in [7, 11) is 0. The van der Waals surface area contributed by atoms with E-state index in [-0.39, 0.29) is 16.7 Å². The lowest BCUT2D eigenvalue weighted by atomic mass is 10.5. The quantitative estimate of drug-likeness (QED) is 0.366. The largest absolute Gasteiger partial charge is 0.320 e. The van der Waals surface area contributed by atoms with Crippen LogP contribution in [-0.2, 0) is 0 Å². The van der Waals surface area contributed by atoms with Gasteiger partial charge in [-0.05, 0) is 12.1 Å². The second kappa shape index (κ2) is 5.38. The van der Waals surface area contributed by atoms with Crippen LogP contribution in [-0.4, -0.2) is 19.9 Å². The first-order valence-corrected chi connectivity index (χ1v) is 5.58. The van der Waals surface area contributed by atoms with Crippen LogP contribution in [0.1, 0.15) is 0 Å². The van der Waals surface area contributed by atoms with Crippen LogP contribution in [0.25, 0.3) is 0 Å². The average molecular weight is 264 g/mol. The minimum Gasteiger partial charge on any atom is -0.292 e. The third kappa shape index (κ3) is 2.70. The maximum atomic E-state index is 10.9. The molecule has 0 aliphatic carbocycles. The molecule has 0 aliphatic rings. The van der Waals surface area contributed by atoms with Crippen molar-refractivity contribution in [3.63, 3.8) is 0 Å². The van der Waals surface area contributed by atoms with Crippen molar-refractivity contribution < 1.29 is 4.92 Å². The molecule has 9 heteroatoms. The number of nitrogens with one attached hydrogen (secondary N) is 1. The summed E-state index contributed by atoms with van der Waals surface area (Å²) < 4.78 is 0. The molecule has 0 radical (unpaired) electrons. The van der Waals surface area contributed by atoms with Crippen LogP contribution in [0.15, 0.2) is 40.6 Å². The monoisotopic (exact) mass is 264 g/mol. The lowest BCUT2D eigenvalue weighted by Crippen LogP contribution is -2.11. The molecular weight excluding hydrogens is 256 g/mol. The predicted octanol–water partition coefficient (Wildman–Crippen LogP) is 1.22. The first kappa shape index (κ1) is 12.2. The molecule has 2 heterocycles. The minimum atomic E-state index is -0.538. The molecule has 0 aromatic carbocycles. The molecule has 2 rings (SSSR count). The lowest BCUT2D eigenvalue weighted by molar-refractivity contribution is -0.388. The van der Waals surface area contributed by atoms with Crippen molar-refractivity contribution in [2.45, 2.75) is 9.92 Å². The van der Waals surface area contributed by atoms with Gasteiger partial charge in [0.15, 0.2) is 5.03 Å². The third-order valence-electron chi connectivity index (χ3n) is 1.93. The molecule has 0 atom stereocenters. The number of nitrogens with zero attached hydrogens (tertiary/aromatic N) is 4. The summed E-state index contributed by atoms with van der Waals surface area (Å²) in [6.45, 7) is 0. The number of aromatic nitrogens is 3. The van der Waals surface area contributed by atoms with Gasteiger partial charge in [0.25, 0.3) is 0 Å². The number of nitrogen functional groups attached to an aromatic ring is 1. The summed E-state index contributed by atoms with van der Waals surface area (Å²) in [6, 6.07) is 3.46. The zero-order valence-corrected chi connectivity index (χ0v) is 9.79. The van der Waals surface area contributed by atoms with E-state index in [0.29, 0.717) is 0 Å².